The molecule has 2 heterocycles. The molecule has 0 spiro atoms. The molecule has 1 aliphatic heterocycles. The molecule has 1 aliphatic rings. The Morgan fingerprint density at radius 1 is 1.18 bits per heavy atom. The zero-order chi connectivity index (χ0) is 15.4. The van der Waals surface area contributed by atoms with E-state index < -0.39 is 0 Å². The summed E-state index contributed by atoms with van der Waals surface area (Å²) in [6, 6.07) is 12.8. The predicted octanol–water partition coefficient (Wildman–Crippen LogP) is 3.18. The summed E-state index contributed by atoms with van der Waals surface area (Å²) in [5.41, 5.74) is 4.15. The fourth-order valence-electron chi connectivity index (χ4n) is 3.27. The Labute approximate surface area is 133 Å². The van der Waals surface area contributed by atoms with Crippen molar-refractivity contribution in [2.45, 2.75) is 19.9 Å². The van der Waals surface area contributed by atoms with Crippen molar-refractivity contribution in [3.8, 4) is 11.1 Å². The summed E-state index contributed by atoms with van der Waals surface area (Å²) >= 11 is 0. The summed E-state index contributed by atoms with van der Waals surface area (Å²) in [4.78, 5) is 6.60. The fourth-order valence-corrected chi connectivity index (χ4v) is 3.27. The van der Waals surface area contributed by atoms with Crippen molar-refractivity contribution >= 4 is 0 Å². The summed E-state index contributed by atoms with van der Waals surface area (Å²) in [7, 11) is 2.21. The molecule has 1 fully saturated rings. The Morgan fingerprint density at radius 2 is 2.00 bits per heavy atom. The average molecular weight is 295 g/mol. The monoisotopic (exact) mass is 295 g/mol. The van der Waals surface area contributed by atoms with Crippen LogP contribution in [0.5, 0.6) is 0 Å². The van der Waals surface area contributed by atoms with E-state index in [1.54, 1.807) is 0 Å². The molecule has 0 saturated carbocycles. The molecule has 3 rings (SSSR count). The van der Waals surface area contributed by atoms with Crippen LogP contribution in [0.4, 0.5) is 0 Å². The normalized spacial score (nSPS) is 22.1. The van der Waals surface area contributed by atoms with E-state index in [0.717, 1.165) is 13.1 Å². The highest BCUT2D eigenvalue weighted by atomic mass is 15.1. The lowest BCUT2D eigenvalue weighted by Crippen LogP contribution is -2.33. The summed E-state index contributed by atoms with van der Waals surface area (Å²) in [6.07, 6.45) is 5.00. The molecule has 116 valence electrons. The summed E-state index contributed by atoms with van der Waals surface area (Å²) < 4.78 is 0. The Bertz CT molecular complexity index is 594. The van der Waals surface area contributed by atoms with E-state index in [9.17, 15) is 0 Å². The average Bonchev–Trinajstić information content (AvgIpc) is 2.88. The largest absolute Gasteiger partial charge is 0.312 e. The van der Waals surface area contributed by atoms with Crippen molar-refractivity contribution in [2.24, 2.45) is 5.41 Å². The second-order valence-corrected chi connectivity index (χ2v) is 6.84. The van der Waals surface area contributed by atoms with Gasteiger partial charge in [-0.15, -0.1) is 0 Å². The molecule has 1 aromatic heterocycles. The SMILES string of the molecule is CN1CCC(C)(CNCc2ccc(-c3cccnc3)cc2)C1. The molecule has 0 radical (unpaired) electrons. The highest BCUT2D eigenvalue weighted by Crippen LogP contribution is 2.28. The molecular weight excluding hydrogens is 270 g/mol. The molecule has 1 atom stereocenters. The number of hydrogen-bond acceptors (Lipinski definition) is 3. The zero-order valence-electron chi connectivity index (χ0n) is 13.5. The second kappa shape index (κ2) is 6.59. The predicted molar refractivity (Wildman–Crippen MR) is 91.6 cm³/mol. The molecule has 3 nitrogen and oxygen atoms in total. The van der Waals surface area contributed by atoms with Crippen LogP contribution >= 0.6 is 0 Å². The Morgan fingerprint density at radius 3 is 2.64 bits per heavy atom. The number of rotatable bonds is 5. The van der Waals surface area contributed by atoms with Gasteiger partial charge < -0.3 is 10.2 Å². The fraction of sp³-hybridized carbons (Fsp3) is 0.421. The topological polar surface area (TPSA) is 28.2 Å². The van der Waals surface area contributed by atoms with Crippen LogP contribution in [0.25, 0.3) is 11.1 Å². The first-order chi connectivity index (χ1) is 10.6. The van der Waals surface area contributed by atoms with Crippen LogP contribution in [0.3, 0.4) is 0 Å². The number of likely N-dealkylation sites (tertiary alicyclic amines) is 1. The van der Waals surface area contributed by atoms with Crippen LogP contribution in [0.2, 0.25) is 0 Å². The molecule has 1 unspecified atom stereocenters. The van der Waals surface area contributed by atoms with Gasteiger partial charge >= 0.3 is 0 Å². The van der Waals surface area contributed by atoms with Crippen molar-refractivity contribution < 1.29 is 0 Å². The van der Waals surface area contributed by atoms with Gasteiger partial charge in [-0.2, -0.15) is 0 Å². The molecule has 1 saturated heterocycles. The third-order valence-corrected chi connectivity index (χ3v) is 4.58. The quantitative estimate of drug-likeness (QED) is 0.918. The molecule has 1 N–H and O–H groups in total. The van der Waals surface area contributed by atoms with E-state index in [2.05, 4.69) is 59.5 Å². The van der Waals surface area contributed by atoms with Crippen molar-refractivity contribution in [1.82, 2.24) is 15.2 Å². The number of aromatic nitrogens is 1. The Balaban J connectivity index is 1.54. The van der Waals surface area contributed by atoms with Gasteiger partial charge in [0.25, 0.3) is 0 Å². The maximum Gasteiger partial charge on any atom is 0.0346 e. The van der Waals surface area contributed by atoms with E-state index in [0.29, 0.717) is 5.41 Å². The van der Waals surface area contributed by atoms with Crippen molar-refractivity contribution in [3.05, 3.63) is 54.4 Å². The van der Waals surface area contributed by atoms with Crippen molar-refractivity contribution in [2.75, 3.05) is 26.7 Å². The number of benzene rings is 1. The van der Waals surface area contributed by atoms with Gasteiger partial charge in [0.2, 0.25) is 0 Å². The highest BCUT2D eigenvalue weighted by molar-refractivity contribution is 5.62. The van der Waals surface area contributed by atoms with Crippen LogP contribution < -0.4 is 5.32 Å². The van der Waals surface area contributed by atoms with E-state index in [1.165, 1.54) is 36.2 Å². The highest BCUT2D eigenvalue weighted by Gasteiger charge is 2.31. The van der Waals surface area contributed by atoms with Gasteiger partial charge in [0.15, 0.2) is 0 Å². The molecule has 0 bridgehead atoms. The maximum atomic E-state index is 4.17. The summed E-state index contributed by atoms with van der Waals surface area (Å²) in [6.45, 7) is 6.82. The van der Waals surface area contributed by atoms with Crippen LogP contribution in [0.1, 0.15) is 18.9 Å². The molecule has 0 amide bonds. The van der Waals surface area contributed by atoms with Gasteiger partial charge in [0, 0.05) is 32.0 Å². The Kier molecular flexibility index (Phi) is 4.55. The van der Waals surface area contributed by atoms with Crippen LogP contribution in [0, 0.1) is 5.41 Å². The molecule has 0 aliphatic carbocycles. The van der Waals surface area contributed by atoms with Crippen LogP contribution in [0.15, 0.2) is 48.8 Å². The smallest absolute Gasteiger partial charge is 0.0346 e. The number of nitrogens with zero attached hydrogens (tertiary/aromatic N) is 2. The zero-order valence-corrected chi connectivity index (χ0v) is 13.5. The standard InChI is InChI=1S/C19H25N3/c1-19(9-11-22(2)15-19)14-21-12-16-5-7-17(8-6-16)18-4-3-10-20-13-18/h3-8,10,13,21H,9,11-12,14-15H2,1-2H3. The molecule has 22 heavy (non-hydrogen) atoms. The van der Waals surface area contributed by atoms with E-state index in [4.69, 9.17) is 0 Å². The minimum absolute atomic E-state index is 0.421. The van der Waals surface area contributed by atoms with Crippen molar-refractivity contribution in [1.29, 1.82) is 0 Å². The Hall–Kier alpha value is -1.71. The van der Waals surface area contributed by atoms with Crippen molar-refractivity contribution in [3.63, 3.8) is 0 Å². The maximum absolute atomic E-state index is 4.17. The second-order valence-electron chi connectivity index (χ2n) is 6.84. The van der Waals surface area contributed by atoms with E-state index in [1.807, 2.05) is 18.5 Å². The van der Waals surface area contributed by atoms with Crippen LogP contribution in [-0.4, -0.2) is 36.6 Å². The minimum atomic E-state index is 0.421. The number of pyridine rings is 1. The van der Waals surface area contributed by atoms with Gasteiger partial charge in [-0.1, -0.05) is 37.3 Å². The van der Waals surface area contributed by atoms with Gasteiger partial charge in [-0.3, -0.25) is 4.98 Å². The summed E-state index contributed by atoms with van der Waals surface area (Å²) in [5, 5.41) is 3.62. The lowest BCUT2D eigenvalue weighted by molar-refractivity contribution is 0.295. The first kappa shape index (κ1) is 15.2. The minimum Gasteiger partial charge on any atom is -0.312 e. The third kappa shape index (κ3) is 3.73. The third-order valence-electron chi connectivity index (χ3n) is 4.58. The molecule has 3 heteroatoms. The first-order valence-corrected chi connectivity index (χ1v) is 8.03. The first-order valence-electron chi connectivity index (χ1n) is 8.03. The number of hydrogen-bond donors (Lipinski definition) is 1. The lowest BCUT2D eigenvalue weighted by atomic mass is 9.90. The molecular formula is C19H25N3. The number of nitrogens with one attached hydrogen (secondary N) is 1. The van der Waals surface area contributed by atoms with E-state index in [-0.39, 0.29) is 0 Å². The van der Waals surface area contributed by atoms with Crippen LogP contribution in [-0.2, 0) is 6.54 Å². The lowest BCUT2D eigenvalue weighted by Gasteiger charge is -2.24. The molecule has 1 aromatic carbocycles. The van der Waals surface area contributed by atoms with Gasteiger partial charge in [-0.05, 0) is 48.2 Å². The molecule has 2 aromatic rings. The van der Waals surface area contributed by atoms with Gasteiger partial charge in [-0.25, -0.2) is 0 Å². The summed E-state index contributed by atoms with van der Waals surface area (Å²) in [5.74, 6) is 0. The van der Waals surface area contributed by atoms with Gasteiger partial charge in [0.05, 0.1) is 0 Å². The van der Waals surface area contributed by atoms with Gasteiger partial charge in [0.1, 0.15) is 0 Å². The van der Waals surface area contributed by atoms with E-state index >= 15 is 0 Å².